The Balaban J connectivity index is 1.43. The number of aromatic nitrogens is 5. The zero-order chi connectivity index (χ0) is 22.1. The van der Waals surface area contributed by atoms with Gasteiger partial charge in [0.25, 0.3) is 0 Å². The lowest BCUT2D eigenvalue weighted by atomic mass is 10.2. The van der Waals surface area contributed by atoms with Crippen LogP contribution in [0, 0.1) is 10.1 Å². The van der Waals surface area contributed by atoms with Crippen molar-refractivity contribution in [3.05, 3.63) is 77.0 Å². The fourth-order valence-corrected chi connectivity index (χ4v) is 3.57. The lowest BCUT2D eigenvalue weighted by Crippen LogP contribution is -1.96. The number of fused-ring (bicyclic) bond motifs is 1. The molecule has 0 saturated carbocycles. The van der Waals surface area contributed by atoms with Crippen molar-refractivity contribution in [1.29, 1.82) is 0 Å². The normalized spacial score (nSPS) is 11.0. The molecule has 0 aliphatic carbocycles. The summed E-state index contributed by atoms with van der Waals surface area (Å²) in [7, 11) is 0. The van der Waals surface area contributed by atoms with E-state index in [-0.39, 0.29) is 22.5 Å². The molecular formula is C21H14N6O4S. The van der Waals surface area contributed by atoms with Gasteiger partial charge in [0.15, 0.2) is 11.3 Å². The van der Waals surface area contributed by atoms with Crippen LogP contribution in [0.15, 0.2) is 76.4 Å². The number of hydrogen-bond donors (Lipinski definition) is 0. The van der Waals surface area contributed by atoms with E-state index < -0.39 is 4.92 Å². The Kier molecular flexibility index (Phi) is 5.00. The molecule has 5 aromatic rings. The van der Waals surface area contributed by atoms with Gasteiger partial charge in [0.2, 0.25) is 5.52 Å². The van der Waals surface area contributed by atoms with Crippen LogP contribution >= 0.6 is 11.8 Å². The van der Waals surface area contributed by atoms with Crippen molar-refractivity contribution in [3.63, 3.8) is 0 Å². The zero-order valence-corrected chi connectivity index (χ0v) is 17.4. The van der Waals surface area contributed by atoms with Crippen LogP contribution in [0.5, 0.6) is 11.5 Å². The highest BCUT2D eigenvalue weighted by molar-refractivity contribution is 7.98. The second kappa shape index (κ2) is 8.12. The van der Waals surface area contributed by atoms with Gasteiger partial charge in [0.1, 0.15) is 11.4 Å². The quantitative estimate of drug-likeness (QED) is 0.204. The van der Waals surface area contributed by atoms with Crippen molar-refractivity contribution in [3.8, 4) is 28.4 Å². The molecule has 11 heteroatoms. The third-order valence-electron chi connectivity index (χ3n) is 4.74. The summed E-state index contributed by atoms with van der Waals surface area (Å²) in [6, 6.07) is 18.1. The molecule has 0 saturated heterocycles. The SMILES string of the molecule is CSc1ccc(-c2cn(-c3cccc(Oc4ccc([N+](=O)[O-])c5nonc45)c3)nn2)cc1. The number of hydrogen-bond acceptors (Lipinski definition) is 9. The van der Waals surface area contributed by atoms with Gasteiger partial charge in [-0.2, -0.15) is 0 Å². The predicted octanol–water partition coefficient (Wildman–Crippen LogP) is 4.89. The molecule has 0 spiro atoms. The van der Waals surface area contributed by atoms with Crippen LogP contribution < -0.4 is 4.74 Å². The van der Waals surface area contributed by atoms with Crippen LogP contribution in [-0.4, -0.2) is 36.5 Å². The van der Waals surface area contributed by atoms with Gasteiger partial charge in [0, 0.05) is 22.6 Å². The summed E-state index contributed by atoms with van der Waals surface area (Å²) >= 11 is 1.68. The van der Waals surface area contributed by atoms with E-state index in [1.807, 2.05) is 48.9 Å². The van der Waals surface area contributed by atoms with Crippen LogP contribution in [0.25, 0.3) is 28.0 Å². The standard InChI is InChI=1S/C21H14N6O4S/c1-32-16-7-5-13(6-8-16)17-12-26(25-22-17)14-3-2-4-15(11-14)30-19-10-9-18(27(28)29)20-21(19)24-31-23-20/h2-12H,1H3. The Morgan fingerprint density at radius 1 is 1.06 bits per heavy atom. The van der Waals surface area contributed by atoms with Gasteiger partial charge in [-0.1, -0.05) is 23.4 Å². The molecule has 5 rings (SSSR count). The Hall–Kier alpha value is -4.25. The van der Waals surface area contributed by atoms with E-state index in [0.29, 0.717) is 5.75 Å². The maximum Gasteiger partial charge on any atom is 0.301 e. The van der Waals surface area contributed by atoms with Crippen LogP contribution in [0.4, 0.5) is 5.69 Å². The number of thioether (sulfide) groups is 1. The highest BCUT2D eigenvalue weighted by atomic mass is 32.2. The summed E-state index contributed by atoms with van der Waals surface area (Å²) in [5.74, 6) is 0.777. The average Bonchev–Trinajstić information content (AvgIpc) is 3.50. The summed E-state index contributed by atoms with van der Waals surface area (Å²) in [5.41, 5.74) is 2.43. The highest BCUT2D eigenvalue weighted by Gasteiger charge is 2.21. The van der Waals surface area contributed by atoms with E-state index in [1.54, 1.807) is 28.6 Å². The van der Waals surface area contributed by atoms with Crippen molar-refractivity contribution in [2.24, 2.45) is 0 Å². The molecule has 0 N–H and O–H groups in total. The summed E-state index contributed by atoms with van der Waals surface area (Å²) in [5, 5.41) is 27.0. The zero-order valence-electron chi connectivity index (χ0n) is 16.6. The monoisotopic (exact) mass is 446 g/mol. The smallest absolute Gasteiger partial charge is 0.301 e. The summed E-state index contributed by atoms with van der Waals surface area (Å²) in [6.07, 6.45) is 3.86. The van der Waals surface area contributed by atoms with Gasteiger partial charge >= 0.3 is 5.69 Å². The molecule has 0 radical (unpaired) electrons. The maximum absolute atomic E-state index is 11.2. The number of non-ortho nitro benzene ring substituents is 1. The summed E-state index contributed by atoms with van der Waals surface area (Å²) < 4.78 is 12.2. The predicted molar refractivity (Wildman–Crippen MR) is 117 cm³/mol. The fourth-order valence-electron chi connectivity index (χ4n) is 3.16. The van der Waals surface area contributed by atoms with Crippen molar-refractivity contribution < 1.29 is 14.3 Å². The molecule has 32 heavy (non-hydrogen) atoms. The number of nitro groups is 1. The number of rotatable bonds is 6. The molecule has 158 valence electrons. The first-order valence-electron chi connectivity index (χ1n) is 9.37. The average molecular weight is 446 g/mol. The molecule has 2 aromatic heterocycles. The van der Waals surface area contributed by atoms with Gasteiger partial charge in [0.05, 0.1) is 16.8 Å². The maximum atomic E-state index is 11.2. The van der Waals surface area contributed by atoms with Crippen molar-refractivity contribution in [2.45, 2.75) is 4.90 Å². The van der Waals surface area contributed by atoms with Gasteiger partial charge in [-0.3, -0.25) is 10.1 Å². The van der Waals surface area contributed by atoms with E-state index in [0.717, 1.165) is 16.9 Å². The van der Waals surface area contributed by atoms with Crippen LogP contribution in [-0.2, 0) is 0 Å². The summed E-state index contributed by atoms with van der Waals surface area (Å²) in [6.45, 7) is 0. The van der Waals surface area contributed by atoms with Crippen molar-refractivity contribution in [1.82, 2.24) is 25.3 Å². The van der Waals surface area contributed by atoms with E-state index >= 15 is 0 Å². The largest absolute Gasteiger partial charge is 0.455 e. The first-order chi connectivity index (χ1) is 15.6. The Morgan fingerprint density at radius 2 is 1.88 bits per heavy atom. The molecule has 0 fully saturated rings. The highest BCUT2D eigenvalue weighted by Crippen LogP contribution is 2.33. The molecule has 2 heterocycles. The number of nitrogens with zero attached hydrogens (tertiary/aromatic N) is 6. The minimum absolute atomic E-state index is 0.0251. The molecule has 0 atom stereocenters. The molecule has 10 nitrogen and oxygen atoms in total. The number of nitro benzene ring substituents is 1. The van der Waals surface area contributed by atoms with E-state index in [4.69, 9.17) is 4.74 Å². The van der Waals surface area contributed by atoms with Crippen LogP contribution in [0.1, 0.15) is 0 Å². The van der Waals surface area contributed by atoms with Crippen molar-refractivity contribution in [2.75, 3.05) is 6.26 Å². The van der Waals surface area contributed by atoms with Crippen LogP contribution in [0.3, 0.4) is 0 Å². The molecule has 3 aromatic carbocycles. The minimum atomic E-state index is -0.548. The first kappa shape index (κ1) is 19.7. The Morgan fingerprint density at radius 3 is 2.66 bits per heavy atom. The van der Waals surface area contributed by atoms with Crippen molar-refractivity contribution >= 4 is 28.5 Å². The minimum Gasteiger partial charge on any atom is -0.455 e. The van der Waals surface area contributed by atoms with Gasteiger partial charge < -0.3 is 4.74 Å². The lowest BCUT2D eigenvalue weighted by molar-refractivity contribution is -0.383. The van der Waals surface area contributed by atoms with E-state index in [9.17, 15) is 10.1 Å². The fraction of sp³-hybridized carbons (Fsp3) is 0.0476. The number of benzene rings is 3. The second-order valence-electron chi connectivity index (χ2n) is 6.68. The number of ether oxygens (including phenoxy) is 1. The second-order valence-corrected chi connectivity index (χ2v) is 7.56. The molecule has 0 unspecified atom stereocenters. The van der Waals surface area contributed by atoms with E-state index in [1.165, 1.54) is 17.0 Å². The molecule has 0 aliphatic rings. The molecule has 0 amide bonds. The van der Waals surface area contributed by atoms with Gasteiger partial charge in [-0.15, -0.1) is 16.9 Å². The third-order valence-corrected chi connectivity index (χ3v) is 5.49. The van der Waals surface area contributed by atoms with E-state index in [2.05, 4.69) is 25.3 Å². The lowest BCUT2D eigenvalue weighted by Gasteiger charge is -2.07. The molecule has 0 aliphatic heterocycles. The van der Waals surface area contributed by atoms with Gasteiger partial charge in [-0.25, -0.2) is 9.31 Å². The van der Waals surface area contributed by atoms with Crippen LogP contribution in [0.2, 0.25) is 0 Å². The van der Waals surface area contributed by atoms with Gasteiger partial charge in [-0.05, 0) is 46.9 Å². The Labute approximate surface area is 184 Å². The topological polar surface area (TPSA) is 122 Å². The molecule has 0 bridgehead atoms. The third kappa shape index (κ3) is 3.65. The Bertz CT molecular complexity index is 1430. The summed E-state index contributed by atoms with van der Waals surface area (Å²) in [4.78, 5) is 11.8. The first-order valence-corrected chi connectivity index (χ1v) is 10.6. The molecular weight excluding hydrogens is 432 g/mol.